The second kappa shape index (κ2) is 7.11. The fourth-order valence-corrected chi connectivity index (χ4v) is 2.72. The van der Waals surface area contributed by atoms with Gasteiger partial charge in [0.25, 0.3) is 0 Å². The Bertz CT molecular complexity index is 844. The fourth-order valence-electron chi connectivity index (χ4n) is 2.38. The molecule has 0 aliphatic heterocycles. The van der Waals surface area contributed by atoms with Crippen LogP contribution >= 0.6 is 23.2 Å². The molecular formula is C17H16Cl2N4O. The summed E-state index contributed by atoms with van der Waals surface area (Å²) in [6.07, 6.45) is 3.44. The van der Waals surface area contributed by atoms with Gasteiger partial charge in [0.15, 0.2) is 5.82 Å². The quantitative estimate of drug-likeness (QED) is 0.735. The summed E-state index contributed by atoms with van der Waals surface area (Å²) >= 11 is 12.1. The number of ether oxygens (including phenoxy) is 1. The highest BCUT2D eigenvalue weighted by Gasteiger charge is 2.11. The topological polar surface area (TPSA) is 66.0 Å². The van der Waals surface area contributed by atoms with Crippen molar-refractivity contribution < 1.29 is 4.74 Å². The van der Waals surface area contributed by atoms with Crippen LogP contribution < -0.4 is 10.5 Å². The van der Waals surface area contributed by atoms with Crippen LogP contribution in [0.4, 0.5) is 5.82 Å². The molecule has 2 aromatic heterocycles. The minimum Gasteiger partial charge on any atom is -0.478 e. The summed E-state index contributed by atoms with van der Waals surface area (Å²) in [7, 11) is 0. The van der Waals surface area contributed by atoms with Gasteiger partial charge < -0.3 is 10.5 Å². The number of benzene rings is 1. The van der Waals surface area contributed by atoms with Crippen LogP contribution in [0.2, 0.25) is 10.0 Å². The van der Waals surface area contributed by atoms with Crippen molar-refractivity contribution in [2.24, 2.45) is 0 Å². The van der Waals surface area contributed by atoms with Crippen molar-refractivity contribution >= 4 is 29.0 Å². The number of halogens is 2. The number of nitrogens with two attached hydrogens (primary N) is 1. The van der Waals surface area contributed by atoms with Crippen LogP contribution in [0.25, 0.3) is 11.1 Å². The van der Waals surface area contributed by atoms with Crippen LogP contribution in [0, 0.1) is 0 Å². The zero-order valence-electron chi connectivity index (χ0n) is 13.0. The van der Waals surface area contributed by atoms with Gasteiger partial charge in [-0.15, -0.1) is 0 Å². The highest BCUT2D eigenvalue weighted by molar-refractivity contribution is 6.32. The number of nitrogens with zero attached hydrogens (tertiary/aromatic N) is 3. The lowest BCUT2D eigenvalue weighted by atomic mass is 10.1. The average Bonchev–Trinajstić information content (AvgIpc) is 2.87. The fraction of sp³-hybridized carbons (Fsp3) is 0.176. The molecule has 2 N–H and O–H groups in total. The Morgan fingerprint density at radius 3 is 2.75 bits per heavy atom. The van der Waals surface area contributed by atoms with Gasteiger partial charge >= 0.3 is 0 Å². The molecule has 1 aromatic carbocycles. The molecule has 24 heavy (non-hydrogen) atoms. The number of anilines is 1. The van der Waals surface area contributed by atoms with E-state index < -0.39 is 0 Å². The van der Waals surface area contributed by atoms with Crippen molar-refractivity contribution in [2.45, 2.75) is 13.5 Å². The number of hydrogen-bond acceptors (Lipinski definition) is 4. The maximum atomic E-state index is 6.11. The average molecular weight is 363 g/mol. The van der Waals surface area contributed by atoms with E-state index in [1.165, 1.54) is 0 Å². The van der Waals surface area contributed by atoms with E-state index in [1.807, 2.05) is 37.3 Å². The number of pyridine rings is 1. The molecule has 0 fully saturated rings. The van der Waals surface area contributed by atoms with Gasteiger partial charge in [-0.25, -0.2) is 4.98 Å². The molecule has 0 saturated carbocycles. The lowest BCUT2D eigenvalue weighted by Gasteiger charge is -2.12. The van der Waals surface area contributed by atoms with Gasteiger partial charge in [-0.3, -0.25) is 4.68 Å². The highest BCUT2D eigenvalue weighted by atomic mass is 35.5. The van der Waals surface area contributed by atoms with Gasteiger partial charge in [-0.05, 0) is 36.2 Å². The van der Waals surface area contributed by atoms with Crippen molar-refractivity contribution in [3.8, 4) is 17.0 Å². The van der Waals surface area contributed by atoms with Gasteiger partial charge in [-0.2, -0.15) is 5.10 Å². The van der Waals surface area contributed by atoms with Gasteiger partial charge in [0.2, 0.25) is 5.88 Å². The highest BCUT2D eigenvalue weighted by Crippen LogP contribution is 2.31. The smallest absolute Gasteiger partial charge is 0.221 e. The van der Waals surface area contributed by atoms with Crippen LogP contribution in [0.3, 0.4) is 0 Å². The van der Waals surface area contributed by atoms with Gasteiger partial charge in [0.05, 0.1) is 13.2 Å². The van der Waals surface area contributed by atoms with E-state index in [4.69, 9.17) is 33.7 Å². The van der Waals surface area contributed by atoms with E-state index in [1.54, 1.807) is 17.1 Å². The molecule has 0 unspecified atom stereocenters. The van der Waals surface area contributed by atoms with E-state index in [0.717, 1.165) is 16.7 Å². The zero-order chi connectivity index (χ0) is 17.1. The Hall–Kier alpha value is -2.24. The largest absolute Gasteiger partial charge is 0.478 e. The van der Waals surface area contributed by atoms with Crippen LogP contribution in [-0.2, 0) is 6.54 Å². The summed E-state index contributed by atoms with van der Waals surface area (Å²) in [6, 6.07) is 9.59. The molecule has 0 spiro atoms. The number of aromatic nitrogens is 3. The first kappa shape index (κ1) is 16.6. The Morgan fingerprint density at radius 2 is 2.08 bits per heavy atom. The van der Waals surface area contributed by atoms with Gasteiger partial charge in [0, 0.05) is 23.0 Å². The summed E-state index contributed by atoms with van der Waals surface area (Å²) < 4.78 is 7.32. The van der Waals surface area contributed by atoms with Crippen molar-refractivity contribution in [1.82, 2.24) is 14.8 Å². The van der Waals surface area contributed by atoms with Crippen molar-refractivity contribution in [1.29, 1.82) is 0 Å². The Kier molecular flexibility index (Phi) is 4.92. The molecule has 3 aromatic rings. The summed E-state index contributed by atoms with van der Waals surface area (Å²) in [4.78, 5) is 4.43. The van der Waals surface area contributed by atoms with Crippen LogP contribution in [0.5, 0.6) is 5.88 Å². The van der Waals surface area contributed by atoms with Gasteiger partial charge in [0.1, 0.15) is 5.02 Å². The predicted molar refractivity (Wildman–Crippen MR) is 96.6 cm³/mol. The van der Waals surface area contributed by atoms with E-state index >= 15 is 0 Å². The summed E-state index contributed by atoms with van der Waals surface area (Å²) in [5.74, 6) is 0.882. The standard InChI is InChI=1S/C17H16Cl2N4O/c1-2-24-17-14(12-4-3-5-13(18)7-12)6-11(8-21-17)9-23-10-15(19)16(20)22-23/h3-8,10H,2,9H2,1H3,(H2,20,22). The molecule has 0 aliphatic rings. The Morgan fingerprint density at radius 1 is 1.25 bits per heavy atom. The maximum absolute atomic E-state index is 6.11. The molecule has 0 bridgehead atoms. The minimum absolute atomic E-state index is 0.311. The van der Waals surface area contributed by atoms with Crippen LogP contribution in [0.1, 0.15) is 12.5 Å². The lowest BCUT2D eigenvalue weighted by Crippen LogP contribution is -2.04. The monoisotopic (exact) mass is 362 g/mol. The Balaban J connectivity index is 1.99. The molecular weight excluding hydrogens is 347 g/mol. The molecule has 0 aliphatic carbocycles. The third kappa shape index (κ3) is 3.63. The lowest BCUT2D eigenvalue weighted by molar-refractivity contribution is 0.328. The minimum atomic E-state index is 0.311. The van der Waals surface area contributed by atoms with E-state index in [2.05, 4.69) is 10.1 Å². The first-order valence-corrected chi connectivity index (χ1v) is 8.18. The molecule has 0 radical (unpaired) electrons. The second-order valence-electron chi connectivity index (χ2n) is 5.20. The third-order valence-corrected chi connectivity index (χ3v) is 3.94. The van der Waals surface area contributed by atoms with E-state index in [-0.39, 0.29) is 0 Å². The first-order chi connectivity index (χ1) is 11.6. The maximum Gasteiger partial charge on any atom is 0.221 e. The normalized spacial score (nSPS) is 10.8. The number of rotatable bonds is 5. The third-order valence-electron chi connectivity index (χ3n) is 3.41. The van der Waals surface area contributed by atoms with Crippen LogP contribution in [0.15, 0.2) is 42.7 Å². The zero-order valence-corrected chi connectivity index (χ0v) is 14.6. The first-order valence-electron chi connectivity index (χ1n) is 7.43. The van der Waals surface area contributed by atoms with Gasteiger partial charge in [-0.1, -0.05) is 35.3 Å². The summed E-state index contributed by atoms with van der Waals surface area (Å²) in [5, 5.41) is 5.26. The predicted octanol–water partition coefficient (Wildman–Crippen LogP) is 4.28. The molecule has 2 heterocycles. The number of hydrogen-bond donors (Lipinski definition) is 1. The SMILES string of the molecule is CCOc1ncc(Cn2cc(Cl)c(N)n2)cc1-c1cccc(Cl)c1. The molecule has 7 heteroatoms. The van der Waals surface area contributed by atoms with E-state index in [9.17, 15) is 0 Å². The van der Waals surface area contributed by atoms with Crippen molar-refractivity contribution in [2.75, 3.05) is 12.3 Å². The molecule has 0 atom stereocenters. The molecule has 0 amide bonds. The molecule has 3 rings (SSSR count). The Labute approximate surface area is 150 Å². The molecule has 124 valence electrons. The second-order valence-corrected chi connectivity index (χ2v) is 6.04. The molecule has 0 saturated heterocycles. The van der Waals surface area contributed by atoms with Crippen LogP contribution in [-0.4, -0.2) is 21.4 Å². The van der Waals surface area contributed by atoms with E-state index in [0.29, 0.717) is 34.9 Å². The summed E-state index contributed by atoms with van der Waals surface area (Å²) in [5.41, 5.74) is 8.45. The van der Waals surface area contributed by atoms with Crippen molar-refractivity contribution in [3.05, 3.63) is 58.3 Å². The summed E-state index contributed by atoms with van der Waals surface area (Å²) in [6.45, 7) is 2.96. The number of nitrogen functional groups attached to an aromatic ring is 1. The molecule has 5 nitrogen and oxygen atoms in total. The van der Waals surface area contributed by atoms with Crippen molar-refractivity contribution in [3.63, 3.8) is 0 Å².